The lowest BCUT2D eigenvalue weighted by Crippen LogP contribution is -2.14. The topological polar surface area (TPSA) is 66.0 Å². The van der Waals surface area contributed by atoms with Gasteiger partial charge in [0.15, 0.2) is 0 Å². The van der Waals surface area contributed by atoms with E-state index in [1.165, 1.54) is 18.2 Å². The van der Waals surface area contributed by atoms with Crippen LogP contribution in [0.5, 0.6) is 0 Å². The zero-order valence-electron chi connectivity index (χ0n) is 14.9. The van der Waals surface area contributed by atoms with Crippen LogP contribution in [0.2, 0.25) is 10.0 Å². The molecule has 0 spiro atoms. The molecule has 3 aromatic rings. The molecule has 0 aliphatic heterocycles. The molecule has 0 saturated carbocycles. The number of alkyl halides is 3. The number of benzene rings is 2. The molecule has 1 heterocycles. The van der Waals surface area contributed by atoms with Gasteiger partial charge in [-0.25, -0.2) is 0 Å². The number of nitrogens with one attached hydrogen (secondary N) is 1. The van der Waals surface area contributed by atoms with Gasteiger partial charge in [-0.3, -0.25) is 4.79 Å². The number of hydrogen-bond donors (Lipinski definition) is 1. The summed E-state index contributed by atoms with van der Waals surface area (Å²) in [6.45, 7) is 0. The third-order valence-corrected chi connectivity index (χ3v) is 4.47. The summed E-state index contributed by atoms with van der Waals surface area (Å²) < 4.78 is 44.0. The minimum atomic E-state index is -4.55. The second-order valence-electron chi connectivity index (χ2n) is 6.03. The fraction of sp³-hybridized carbons (Fsp3) is 0.0476. The Morgan fingerprint density at radius 1 is 1.10 bits per heavy atom. The van der Waals surface area contributed by atoms with Crippen molar-refractivity contribution in [2.75, 3.05) is 5.32 Å². The standard InChI is InChI=1S/C21H11Cl2F3N2O2/c22-14-4-6-17(18(23)10-14)19-7-5-16(30-19)8-12(11-27)20(29)28-15-3-1-2-13(9-15)21(24,25)26/h1-10H,(H,28,29)/b12-8+. The summed E-state index contributed by atoms with van der Waals surface area (Å²) in [5.74, 6) is -0.301. The van der Waals surface area contributed by atoms with Crippen molar-refractivity contribution < 1.29 is 22.4 Å². The van der Waals surface area contributed by atoms with E-state index in [0.717, 1.165) is 18.2 Å². The number of hydrogen-bond acceptors (Lipinski definition) is 3. The Bertz CT molecular complexity index is 1180. The van der Waals surface area contributed by atoms with E-state index >= 15 is 0 Å². The molecule has 0 radical (unpaired) electrons. The first-order valence-corrected chi connectivity index (χ1v) is 9.08. The fourth-order valence-electron chi connectivity index (χ4n) is 2.53. The van der Waals surface area contributed by atoms with Gasteiger partial charge in [0.1, 0.15) is 23.2 Å². The van der Waals surface area contributed by atoms with Gasteiger partial charge in [0.05, 0.1) is 10.6 Å². The zero-order valence-corrected chi connectivity index (χ0v) is 16.4. The summed E-state index contributed by atoms with van der Waals surface area (Å²) in [4.78, 5) is 12.3. The monoisotopic (exact) mass is 450 g/mol. The highest BCUT2D eigenvalue weighted by Gasteiger charge is 2.30. The van der Waals surface area contributed by atoms with Gasteiger partial charge in [-0.05, 0) is 48.5 Å². The zero-order chi connectivity index (χ0) is 21.9. The van der Waals surface area contributed by atoms with Crippen LogP contribution in [-0.4, -0.2) is 5.91 Å². The van der Waals surface area contributed by atoms with Crippen LogP contribution in [0.3, 0.4) is 0 Å². The molecular formula is C21H11Cl2F3N2O2. The lowest BCUT2D eigenvalue weighted by molar-refractivity contribution is -0.137. The van der Waals surface area contributed by atoms with Gasteiger partial charge in [0.2, 0.25) is 0 Å². The number of nitrogens with zero attached hydrogens (tertiary/aromatic N) is 1. The number of carbonyl (C=O) groups excluding carboxylic acids is 1. The smallest absolute Gasteiger partial charge is 0.416 e. The maximum atomic E-state index is 12.8. The van der Waals surface area contributed by atoms with Crippen LogP contribution in [-0.2, 0) is 11.0 Å². The molecule has 152 valence electrons. The summed E-state index contributed by atoms with van der Waals surface area (Å²) in [5.41, 5.74) is -0.800. The van der Waals surface area contributed by atoms with Gasteiger partial charge in [0, 0.05) is 22.3 Å². The molecule has 30 heavy (non-hydrogen) atoms. The van der Waals surface area contributed by atoms with E-state index in [4.69, 9.17) is 27.6 Å². The predicted molar refractivity (Wildman–Crippen MR) is 108 cm³/mol. The first kappa shape index (κ1) is 21.5. The van der Waals surface area contributed by atoms with Crippen LogP contribution in [0, 0.1) is 11.3 Å². The van der Waals surface area contributed by atoms with Crippen molar-refractivity contribution in [3.8, 4) is 17.4 Å². The molecule has 9 heteroatoms. The summed E-state index contributed by atoms with van der Waals surface area (Å²) in [6, 6.07) is 13.8. The molecule has 0 saturated heterocycles. The molecule has 0 aliphatic carbocycles. The lowest BCUT2D eigenvalue weighted by Gasteiger charge is -2.09. The molecule has 3 rings (SSSR count). The van der Waals surface area contributed by atoms with Gasteiger partial charge in [-0.15, -0.1) is 0 Å². The Hall–Kier alpha value is -3.21. The van der Waals surface area contributed by atoms with Crippen molar-refractivity contribution in [3.05, 3.63) is 81.5 Å². The molecule has 0 atom stereocenters. The molecule has 1 amide bonds. The molecule has 4 nitrogen and oxygen atoms in total. The molecule has 0 fully saturated rings. The predicted octanol–water partition coefficient (Wildman–Crippen LogP) is 6.82. The number of carbonyl (C=O) groups is 1. The minimum Gasteiger partial charge on any atom is -0.457 e. The average Bonchev–Trinajstić information content (AvgIpc) is 3.14. The number of anilines is 1. The van der Waals surface area contributed by atoms with Crippen LogP contribution >= 0.6 is 23.2 Å². The van der Waals surface area contributed by atoms with Crippen LogP contribution in [0.15, 0.2) is 64.6 Å². The molecule has 0 unspecified atom stereocenters. The Labute approximate surface area is 179 Å². The maximum absolute atomic E-state index is 12.8. The number of nitriles is 1. The average molecular weight is 451 g/mol. The fourth-order valence-corrected chi connectivity index (χ4v) is 3.03. The quantitative estimate of drug-likeness (QED) is 0.350. The highest BCUT2D eigenvalue weighted by atomic mass is 35.5. The highest BCUT2D eigenvalue weighted by Crippen LogP contribution is 2.32. The maximum Gasteiger partial charge on any atom is 0.416 e. The summed E-state index contributed by atoms with van der Waals surface area (Å²) >= 11 is 12.0. The molecule has 1 aromatic heterocycles. The van der Waals surface area contributed by atoms with Crippen molar-refractivity contribution in [2.24, 2.45) is 0 Å². The van der Waals surface area contributed by atoms with E-state index in [-0.39, 0.29) is 17.0 Å². The molecule has 0 bridgehead atoms. The number of amides is 1. The van der Waals surface area contributed by atoms with Gasteiger partial charge in [0.25, 0.3) is 5.91 Å². The van der Waals surface area contributed by atoms with Crippen molar-refractivity contribution >= 4 is 40.9 Å². The van der Waals surface area contributed by atoms with Gasteiger partial charge < -0.3 is 9.73 Å². The second-order valence-corrected chi connectivity index (χ2v) is 6.87. The van der Waals surface area contributed by atoms with E-state index < -0.39 is 17.6 Å². The second kappa shape index (κ2) is 8.66. The van der Waals surface area contributed by atoms with Gasteiger partial charge in [-0.1, -0.05) is 29.3 Å². The van der Waals surface area contributed by atoms with Crippen LogP contribution < -0.4 is 5.32 Å². The number of rotatable bonds is 4. The van der Waals surface area contributed by atoms with Crippen LogP contribution in [0.25, 0.3) is 17.4 Å². The third kappa shape index (κ3) is 5.03. The molecule has 2 aromatic carbocycles. The SMILES string of the molecule is N#C/C(=C\c1ccc(-c2ccc(Cl)cc2Cl)o1)C(=O)Nc1cccc(C(F)(F)F)c1. The highest BCUT2D eigenvalue weighted by molar-refractivity contribution is 6.36. The van der Waals surface area contributed by atoms with Gasteiger partial charge >= 0.3 is 6.18 Å². The first-order chi connectivity index (χ1) is 14.2. The molecular weight excluding hydrogens is 440 g/mol. The van der Waals surface area contributed by atoms with E-state index in [0.29, 0.717) is 21.4 Å². The number of halogens is 5. The van der Waals surface area contributed by atoms with E-state index in [2.05, 4.69) is 5.32 Å². The minimum absolute atomic E-state index is 0.0935. The van der Waals surface area contributed by atoms with E-state index in [1.54, 1.807) is 30.3 Å². The summed E-state index contributed by atoms with van der Waals surface area (Å²) in [6.07, 6.45) is -3.38. The van der Waals surface area contributed by atoms with Crippen molar-refractivity contribution in [3.63, 3.8) is 0 Å². The van der Waals surface area contributed by atoms with Crippen molar-refractivity contribution in [1.29, 1.82) is 5.26 Å². The van der Waals surface area contributed by atoms with E-state index in [1.807, 2.05) is 0 Å². The van der Waals surface area contributed by atoms with Crippen molar-refractivity contribution in [2.45, 2.75) is 6.18 Å². The summed E-state index contributed by atoms with van der Waals surface area (Å²) in [5, 5.41) is 12.4. The third-order valence-electron chi connectivity index (χ3n) is 3.92. The Kier molecular flexibility index (Phi) is 6.20. The number of furan rings is 1. The van der Waals surface area contributed by atoms with Crippen molar-refractivity contribution in [1.82, 2.24) is 0 Å². The normalized spacial score (nSPS) is 11.8. The van der Waals surface area contributed by atoms with Gasteiger partial charge in [-0.2, -0.15) is 18.4 Å². The van der Waals surface area contributed by atoms with E-state index in [9.17, 15) is 23.2 Å². The molecule has 1 N–H and O–H groups in total. The Balaban J connectivity index is 1.82. The Morgan fingerprint density at radius 2 is 1.87 bits per heavy atom. The lowest BCUT2D eigenvalue weighted by atomic mass is 10.1. The largest absolute Gasteiger partial charge is 0.457 e. The first-order valence-electron chi connectivity index (χ1n) is 8.33. The van der Waals surface area contributed by atoms with Crippen LogP contribution in [0.1, 0.15) is 11.3 Å². The molecule has 0 aliphatic rings. The summed E-state index contributed by atoms with van der Waals surface area (Å²) in [7, 11) is 0. The Morgan fingerprint density at radius 3 is 2.53 bits per heavy atom. The van der Waals surface area contributed by atoms with Crippen LogP contribution in [0.4, 0.5) is 18.9 Å².